The Morgan fingerprint density at radius 3 is 1.45 bits per heavy atom. The van der Waals surface area contributed by atoms with E-state index in [4.69, 9.17) is 19.9 Å². The van der Waals surface area contributed by atoms with Gasteiger partial charge in [0.25, 0.3) is 11.8 Å². The zero-order valence-corrected chi connectivity index (χ0v) is 13.3. The number of nitrogens with zero attached hydrogens (tertiary/aromatic N) is 2. The van der Waals surface area contributed by atoms with Crippen molar-refractivity contribution in [3.8, 4) is 0 Å². The summed E-state index contributed by atoms with van der Waals surface area (Å²) in [6.07, 6.45) is 0. The number of hydroxylamine groups is 2. The van der Waals surface area contributed by atoms with Gasteiger partial charge in [-0.2, -0.15) is 10.2 Å². The van der Waals surface area contributed by atoms with E-state index >= 15 is 0 Å². The predicted octanol–water partition coefficient (Wildman–Crippen LogP) is -0.924. The van der Waals surface area contributed by atoms with Gasteiger partial charge in [0.05, 0.1) is 26.4 Å². The van der Waals surface area contributed by atoms with Crippen LogP contribution in [0.5, 0.6) is 0 Å². The summed E-state index contributed by atoms with van der Waals surface area (Å²) >= 11 is 0. The Morgan fingerprint density at radius 1 is 0.864 bits per heavy atom. The van der Waals surface area contributed by atoms with Crippen LogP contribution in [-0.4, -0.2) is 59.5 Å². The average molecular weight is 320 g/mol. The first-order valence-corrected chi connectivity index (χ1v) is 6.67. The van der Waals surface area contributed by atoms with E-state index in [0.29, 0.717) is 0 Å². The van der Waals surface area contributed by atoms with Crippen LogP contribution < -0.4 is 11.0 Å². The lowest BCUT2D eigenvalue weighted by atomic mass is 10.1. The highest BCUT2D eigenvalue weighted by Crippen LogP contribution is 2.16. The Kier molecular flexibility index (Phi) is 8.72. The largest absolute Gasteiger partial charge is 0.394 e. The third kappa shape index (κ3) is 7.41. The number of hydrogen-bond acceptors (Lipinski definition) is 8. The second-order valence-corrected chi connectivity index (χ2v) is 5.32. The molecule has 0 spiro atoms. The summed E-state index contributed by atoms with van der Waals surface area (Å²) in [6, 6.07) is 0. The van der Waals surface area contributed by atoms with E-state index in [2.05, 4.69) is 21.2 Å². The van der Waals surface area contributed by atoms with Crippen LogP contribution in [0.25, 0.3) is 0 Å². The lowest BCUT2D eigenvalue weighted by Crippen LogP contribution is -2.43. The minimum absolute atomic E-state index is 0.0466. The van der Waals surface area contributed by atoms with E-state index in [1.165, 1.54) is 27.7 Å². The molecule has 0 aliphatic rings. The van der Waals surface area contributed by atoms with Gasteiger partial charge in [0.1, 0.15) is 0 Å². The second-order valence-electron chi connectivity index (χ2n) is 5.32. The number of nitrogens with one attached hydrogen (secondary N) is 2. The van der Waals surface area contributed by atoms with Gasteiger partial charge in [-0.1, -0.05) is 0 Å². The van der Waals surface area contributed by atoms with E-state index in [1.807, 2.05) is 0 Å². The third-order valence-electron chi connectivity index (χ3n) is 2.38. The zero-order chi connectivity index (χ0) is 17.2. The van der Waals surface area contributed by atoms with E-state index in [0.717, 1.165) is 0 Å². The molecule has 0 saturated heterocycles. The molecule has 0 rings (SSSR count). The molecule has 0 aromatic heterocycles. The Labute approximate surface area is 128 Å². The monoisotopic (exact) mass is 320 g/mol. The van der Waals surface area contributed by atoms with Gasteiger partial charge >= 0.3 is 0 Å². The van der Waals surface area contributed by atoms with Crippen LogP contribution in [0.3, 0.4) is 0 Å². The molecule has 0 aliphatic carbocycles. The van der Waals surface area contributed by atoms with Crippen molar-refractivity contribution in [3.05, 3.63) is 0 Å². The highest BCUT2D eigenvalue weighted by molar-refractivity contribution is 5.85. The topological polar surface area (TPSA) is 142 Å². The molecule has 0 bridgehead atoms. The van der Waals surface area contributed by atoms with Gasteiger partial charge in [0.2, 0.25) is 0 Å². The van der Waals surface area contributed by atoms with Crippen molar-refractivity contribution in [1.82, 2.24) is 11.0 Å². The highest BCUT2D eigenvalue weighted by Gasteiger charge is 2.32. The molecular formula is C12H24N4O6. The molecule has 4 N–H and O–H groups in total. The molecule has 0 heterocycles. The lowest BCUT2D eigenvalue weighted by Gasteiger charge is -2.21. The zero-order valence-electron chi connectivity index (χ0n) is 13.3. The number of carbonyl (C=O) groups excluding carboxylic acids is 2. The Bertz CT molecular complexity index is 361. The van der Waals surface area contributed by atoms with Gasteiger partial charge in [-0.15, -0.1) is 0 Å². The maximum atomic E-state index is 11.8. The average Bonchev–Trinajstić information content (AvgIpc) is 2.45. The molecule has 0 aliphatic heterocycles. The van der Waals surface area contributed by atoms with E-state index in [-0.39, 0.29) is 26.4 Å². The first kappa shape index (κ1) is 20.4. The molecular weight excluding hydrogens is 296 g/mol. The number of azo groups is 1. The van der Waals surface area contributed by atoms with Crippen molar-refractivity contribution >= 4 is 11.8 Å². The van der Waals surface area contributed by atoms with Crippen molar-refractivity contribution in [3.63, 3.8) is 0 Å². The third-order valence-corrected chi connectivity index (χ3v) is 2.38. The fourth-order valence-electron chi connectivity index (χ4n) is 0.915. The number of aliphatic hydroxyl groups is 2. The molecule has 0 aromatic rings. The van der Waals surface area contributed by atoms with Crippen LogP contribution in [0.2, 0.25) is 0 Å². The van der Waals surface area contributed by atoms with Crippen LogP contribution in [-0.2, 0) is 19.3 Å². The fraction of sp³-hybridized carbons (Fsp3) is 0.833. The summed E-state index contributed by atoms with van der Waals surface area (Å²) < 4.78 is 0. The number of amides is 2. The maximum Gasteiger partial charge on any atom is 0.272 e. The summed E-state index contributed by atoms with van der Waals surface area (Å²) in [5.74, 6) is -1.14. The summed E-state index contributed by atoms with van der Waals surface area (Å²) in [7, 11) is 0. The van der Waals surface area contributed by atoms with Gasteiger partial charge in [-0.3, -0.25) is 19.3 Å². The standard InChI is InChI=1S/C12H24N4O6/c1-11(2,9(19)13-21-7-5-17)15-16-12(3,4)10(20)14-22-8-6-18/h17-18H,5-8H2,1-4H3,(H,13,19)(H,14,20). The number of carbonyl (C=O) groups is 2. The Hall–Kier alpha value is -1.62. The van der Waals surface area contributed by atoms with Crippen molar-refractivity contribution in [2.24, 2.45) is 10.2 Å². The van der Waals surface area contributed by atoms with E-state index < -0.39 is 22.9 Å². The molecule has 0 aromatic carbocycles. The molecule has 128 valence electrons. The van der Waals surface area contributed by atoms with Crippen LogP contribution in [0, 0.1) is 0 Å². The number of aliphatic hydroxyl groups excluding tert-OH is 2. The van der Waals surface area contributed by atoms with Gasteiger partial charge in [-0.25, -0.2) is 11.0 Å². The molecule has 22 heavy (non-hydrogen) atoms. The van der Waals surface area contributed by atoms with Crippen molar-refractivity contribution in [1.29, 1.82) is 0 Å². The van der Waals surface area contributed by atoms with Crippen molar-refractivity contribution in [2.75, 3.05) is 26.4 Å². The molecule has 2 amide bonds. The summed E-state index contributed by atoms with van der Waals surface area (Å²) in [5, 5.41) is 24.8. The maximum absolute atomic E-state index is 11.8. The van der Waals surface area contributed by atoms with Gasteiger partial charge < -0.3 is 10.2 Å². The molecule has 0 saturated carbocycles. The minimum Gasteiger partial charge on any atom is -0.394 e. The molecule has 0 unspecified atom stereocenters. The molecule has 0 atom stereocenters. The van der Waals surface area contributed by atoms with Gasteiger partial charge in [0, 0.05) is 0 Å². The van der Waals surface area contributed by atoms with E-state index in [1.54, 1.807) is 0 Å². The fourth-order valence-corrected chi connectivity index (χ4v) is 0.915. The highest BCUT2D eigenvalue weighted by atomic mass is 16.7. The Balaban J connectivity index is 4.62. The van der Waals surface area contributed by atoms with E-state index in [9.17, 15) is 9.59 Å². The first-order valence-electron chi connectivity index (χ1n) is 6.67. The predicted molar refractivity (Wildman–Crippen MR) is 75.4 cm³/mol. The Morgan fingerprint density at radius 2 is 1.18 bits per heavy atom. The van der Waals surface area contributed by atoms with Crippen LogP contribution in [0.4, 0.5) is 0 Å². The van der Waals surface area contributed by atoms with Crippen LogP contribution >= 0.6 is 0 Å². The quantitative estimate of drug-likeness (QED) is 0.233. The first-order chi connectivity index (χ1) is 10.2. The van der Waals surface area contributed by atoms with Gasteiger partial charge in [0.15, 0.2) is 11.1 Å². The minimum atomic E-state index is -1.26. The van der Waals surface area contributed by atoms with Crippen molar-refractivity contribution < 1.29 is 29.5 Å². The SMILES string of the molecule is CC(C)(N=NC(C)(C)C(=O)NOCCO)C(=O)NOCCO. The lowest BCUT2D eigenvalue weighted by molar-refractivity contribution is -0.140. The molecule has 0 radical (unpaired) electrons. The molecule has 10 nitrogen and oxygen atoms in total. The van der Waals surface area contributed by atoms with Gasteiger partial charge in [-0.05, 0) is 27.7 Å². The smallest absolute Gasteiger partial charge is 0.272 e. The number of hydrogen-bond donors (Lipinski definition) is 4. The second kappa shape index (κ2) is 9.41. The molecule has 0 fully saturated rings. The van der Waals surface area contributed by atoms with Crippen LogP contribution in [0.15, 0.2) is 10.2 Å². The van der Waals surface area contributed by atoms with Crippen molar-refractivity contribution in [2.45, 2.75) is 38.8 Å². The molecule has 10 heteroatoms. The summed E-state index contributed by atoms with van der Waals surface area (Å²) in [4.78, 5) is 33.0. The normalized spacial score (nSPS) is 12.5. The number of rotatable bonds is 10. The summed E-state index contributed by atoms with van der Waals surface area (Å²) in [5.41, 5.74) is 1.72. The summed E-state index contributed by atoms with van der Waals surface area (Å²) in [6.45, 7) is 5.40. The van der Waals surface area contributed by atoms with Crippen LogP contribution in [0.1, 0.15) is 27.7 Å².